The third-order valence-corrected chi connectivity index (χ3v) is 5.36. The lowest BCUT2D eigenvalue weighted by Gasteiger charge is -2.06. The van der Waals surface area contributed by atoms with E-state index in [9.17, 15) is 19.7 Å². The van der Waals surface area contributed by atoms with Crippen LogP contribution in [0, 0.1) is 10.1 Å². The van der Waals surface area contributed by atoms with Gasteiger partial charge < -0.3 is 5.32 Å². The van der Waals surface area contributed by atoms with Crippen molar-refractivity contribution in [1.29, 1.82) is 0 Å². The lowest BCUT2D eigenvalue weighted by molar-refractivity contribution is -0.384. The number of hydrogen-bond acceptors (Lipinski definition) is 9. The Bertz CT molecular complexity index is 1030. The average molecular weight is 430 g/mol. The number of para-hydroxylation sites is 1. The van der Waals surface area contributed by atoms with E-state index in [2.05, 4.69) is 26.4 Å². The van der Waals surface area contributed by atoms with Crippen LogP contribution in [0.25, 0.3) is 0 Å². The van der Waals surface area contributed by atoms with Crippen LogP contribution in [0.5, 0.6) is 0 Å². The Kier molecular flexibility index (Phi) is 6.71. The molecule has 2 aromatic carbocycles. The molecule has 0 fully saturated rings. The Morgan fingerprint density at radius 1 is 1.07 bits per heavy atom. The minimum atomic E-state index is -0.655. The Balaban J connectivity index is 1.45. The Morgan fingerprint density at radius 2 is 1.86 bits per heavy atom. The normalized spacial score (nSPS) is 10.2. The SMILES string of the molecule is O=C(CSc1nnc(Nc2ccccc2)s1)NNC(=O)c1cccc([N+](=O)[O-])c1. The molecule has 10 nitrogen and oxygen atoms in total. The van der Waals surface area contributed by atoms with Crippen LogP contribution in [-0.2, 0) is 4.79 Å². The highest BCUT2D eigenvalue weighted by Crippen LogP contribution is 2.27. The highest BCUT2D eigenvalue weighted by molar-refractivity contribution is 8.01. The number of nitro groups is 1. The maximum Gasteiger partial charge on any atom is 0.270 e. The molecule has 0 atom stereocenters. The topological polar surface area (TPSA) is 139 Å². The summed E-state index contributed by atoms with van der Waals surface area (Å²) in [5.41, 5.74) is 5.21. The van der Waals surface area contributed by atoms with Crippen LogP contribution in [0.4, 0.5) is 16.5 Å². The molecule has 12 heteroatoms. The number of nitro benzene ring substituents is 1. The highest BCUT2D eigenvalue weighted by atomic mass is 32.2. The van der Waals surface area contributed by atoms with Crippen LogP contribution in [-0.4, -0.2) is 32.7 Å². The second kappa shape index (κ2) is 9.61. The van der Waals surface area contributed by atoms with Crippen molar-refractivity contribution in [3.63, 3.8) is 0 Å². The summed E-state index contributed by atoms with van der Waals surface area (Å²) in [5.74, 6) is -1.10. The maximum atomic E-state index is 12.0. The number of rotatable bonds is 7. The third-order valence-electron chi connectivity index (χ3n) is 3.39. The van der Waals surface area contributed by atoms with Gasteiger partial charge in [-0.2, -0.15) is 0 Å². The van der Waals surface area contributed by atoms with Crippen LogP contribution in [0.2, 0.25) is 0 Å². The number of non-ortho nitro benzene ring substituents is 1. The van der Waals surface area contributed by atoms with Gasteiger partial charge in [-0.1, -0.05) is 47.4 Å². The number of anilines is 2. The van der Waals surface area contributed by atoms with E-state index >= 15 is 0 Å². The number of carbonyl (C=O) groups is 2. The van der Waals surface area contributed by atoms with E-state index in [1.54, 1.807) is 0 Å². The Labute approximate surface area is 172 Å². The standard InChI is InChI=1S/C17H14N6O4S2/c24-14(19-20-15(25)11-5-4-8-13(9-11)23(26)27)10-28-17-22-21-16(29-17)18-12-6-2-1-3-7-12/h1-9H,10H2,(H,18,21)(H,19,24)(H,20,25). The van der Waals surface area contributed by atoms with Gasteiger partial charge in [0.1, 0.15) is 0 Å². The van der Waals surface area contributed by atoms with Gasteiger partial charge >= 0.3 is 0 Å². The van der Waals surface area contributed by atoms with Crippen molar-refractivity contribution < 1.29 is 14.5 Å². The second-order valence-corrected chi connectivity index (χ2v) is 7.66. The quantitative estimate of drug-likeness (QED) is 0.295. The molecule has 148 valence electrons. The van der Waals surface area contributed by atoms with Crippen LogP contribution in [0.3, 0.4) is 0 Å². The molecule has 0 saturated heterocycles. The number of thioether (sulfide) groups is 1. The molecular weight excluding hydrogens is 416 g/mol. The zero-order valence-corrected chi connectivity index (χ0v) is 16.3. The molecule has 1 heterocycles. The predicted molar refractivity (Wildman–Crippen MR) is 109 cm³/mol. The van der Waals surface area contributed by atoms with Gasteiger partial charge in [0.25, 0.3) is 11.6 Å². The van der Waals surface area contributed by atoms with Gasteiger partial charge in [0, 0.05) is 23.4 Å². The second-order valence-electron chi connectivity index (χ2n) is 5.46. The number of carbonyl (C=O) groups excluding carboxylic acids is 2. The van der Waals surface area contributed by atoms with E-state index in [1.807, 2.05) is 30.3 Å². The van der Waals surface area contributed by atoms with Crippen molar-refractivity contribution in [1.82, 2.24) is 21.0 Å². The monoisotopic (exact) mass is 430 g/mol. The number of hydrogen-bond donors (Lipinski definition) is 3. The summed E-state index contributed by atoms with van der Waals surface area (Å²) in [6.45, 7) is 0. The van der Waals surface area contributed by atoms with Crippen LogP contribution >= 0.6 is 23.1 Å². The van der Waals surface area contributed by atoms with E-state index in [0.717, 1.165) is 11.8 Å². The van der Waals surface area contributed by atoms with E-state index in [0.29, 0.717) is 9.47 Å². The smallest absolute Gasteiger partial charge is 0.270 e. The van der Waals surface area contributed by atoms with Gasteiger partial charge in [-0.15, -0.1) is 10.2 Å². The first-order valence-corrected chi connectivity index (χ1v) is 9.93. The molecule has 29 heavy (non-hydrogen) atoms. The summed E-state index contributed by atoms with van der Waals surface area (Å²) in [5, 5.41) is 22.5. The van der Waals surface area contributed by atoms with E-state index < -0.39 is 16.7 Å². The molecule has 0 spiro atoms. The fraction of sp³-hybridized carbons (Fsp3) is 0.0588. The summed E-state index contributed by atoms with van der Waals surface area (Å²) in [6, 6.07) is 14.7. The highest BCUT2D eigenvalue weighted by Gasteiger charge is 2.13. The van der Waals surface area contributed by atoms with Gasteiger partial charge in [-0.3, -0.25) is 30.6 Å². The molecule has 0 aliphatic heterocycles. The van der Waals surface area contributed by atoms with Gasteiger partial charge in [0.15, 0.2) is 4.34 Å². The first-order chi connectivity index (χ1) is 14.0. The summed E-state index contributed by atoms with van der Waals surface area (Å²) in [4.78, 5) is 34.1. The van der Waals surface area contributed by atoms with Crippen molar-refractivity contribution in [2.45, 2.75) is 4.34 Å². The molecule has 3 N–H and O–H groups in total. The Hall–Kier alpha value is -3.51. The maximum absolute atomic E-state index is 12.0. The molecule has 0 aliphatic carbocycles. The summed E-state index contributed by atoms with van der Waals surface area (Å²) >= 11 is 2.46. The number of amides is 2. The molecule has 2 amide bonds. The van der Waals surface area contributed by atoms with Crippen LogP contribution < -0.4 is 16.2 Å². The molecule has 0 aliphatic rings. The average Bonchev–Trinajstić information content (AvgIpc) is 3.18. The third kappa shape index (κ3) is 5.99. The van der Waals surface area contributed by atoms with Gasteiger partial charge in [0.2, 0.25) is 11.0 Å². The van der Waals surface area contributed by atoms with Crippen molar-refractivity contribution >= 4 is 51.4 Å². The van der Waals surface area contributed by atoms with Crippen molar-refractivity contribution in [3.05, 3.63) is 70.3 Å². The molecule has 0 bridgehead atoms. The number of benzene rings is 2. The fourth-order valence-electron chi connectivity index (χ4n) is 2.09. The summed E-state index contributed by atoms with van der Waals surface area (Å²) < 4.78 is 0.587. The molecule has 0 radical (unpaired) electrons. The molecular formula is C17H14N6O4S2. The Morgan fingerprint density at radius 3 is 2.62 bits per heavy atom. The molecule has 0 saturated carbocycles. The van der Waals surface area contributed by atoms with Crippen LogP contribution in [0.1, 0.15) is 10.4 Å². The number of aromatic nitrogens is 2. The molecule has 0 unspecified atom stereocenters. The molecule has 3 aromatic rings. The largest absolute Gasteiger partial charge is 0.330 e. The van der Waals surface area contributed by atoms with Gasteiger partial charge in [-0.25, -0.2) is 0 Å². The first kappa shape index (κ1) is 20.2. The summed E-state index contributed by atoms with van der Waals surface area (Å²) in [7, 11) is 0. The van der Waals surface area contributed by atoms with Crippen LogP contribution in [0.15, 0.2) is 58.9 Å². The number of hydrazine groups is 1. The van der Waals surface area contributed by atoms with Crippen molar-refractivity contribution in [3.8, 4) is 0 Å². The zero-order valence-electron chi connectivity index (χ0n) is 14.7. The lowest BCUT2D eigenvalue weighted by atomic mass is 10.2. The van der Waals surface area contributed by atoms with E-state index in [1.165, 1.54) is 41.3 Å². The van der Waals surface area contributed by atoms with Crippen molar-refractivity contribution in [2.75, 3.05) is 11.1 Å². The van der Waals surface area contributed by atoms with Gasteiger partial charge in [0.05, 0.1) is 10.7 Å². The minimum absolute atomic E-state index is 0.00911. The number of nitrogens with one attached hydrogen (secondary N) is 3. The first-order valence-electron chi connectivity index (χ1n) is 8.13. The molecule has 1 aromatic heterocycles. The van der Waals surface area contributed by atoms with Gasteiger partial charge in [-0.05, 0) is 18.2 Å². The molecule has 3 rings (SSSR count). The predicted octanol–water partition coefficient (Wildman–Crippen LogP) is 2.74. The summed E-state index contributed by atoms with van der Waals surface area (Å²) in [6.07, 6.45) is 0. The lowest BCUT2D eigenvalue weighted by Crippen LogP contribution is -2.42. The minimum Gasteiger partial charge on any atom is -0.330 e. The zero-order chi connectivity index (χ0) is 20.6. The fourth-order valence-corrected chi connectivity index (χ4v) is 3.66. The van der Waals surface area contributed by atoms with Crippen molar-refractivity contribution in [2.24, 2.45) is 0 Å². The number of nitrogens with zero attached hydrogens (tertiary/aromatic N) is 3. The van der Waals surface area contributed by atoms with E-state index in [-0.39, 0.29) is 17.0 Å². The van der Waals surface area contributed by atoms with E-state index in [4.69, 9.17) is 0 Å².